The summed E-state index contributed by atoms with van der Waals surface area (Å²) in [6.07, 6.45) is 13.9. The molecule has 0 aliphatic carbocycles. The highest BCUT2D eigenvalue weighted by Crippen LogP contribution is 2.14. The van der Waals surface area contributed by atoms with Crippen molar-refractivity contribution in [1.82, 2.24) is 5.32 Å². The second-order valence-corrected chi connectivity index (χ2v) is 8.79. The summed E-state index contributed by atoms with van der Waals surface area (Å²) in [6.45, 7) is 5.79. The molecule has 0 fully saturated rings. The van der Waals surface area contributed by atoms with E-state index in [2.05, 4.69) is 19.2 Å². The van der Waals surface area contributed by atoms with Gasteiger partial charge in [-0.2, -0.15) is 0 Å². The molecule has 0 saturated heterocycles. The molecule has 0 rings (SSSR count). The quantitative estimate of drug-likeness (QED) is 0.209. The third kappa shape index (κ3) is 21.6. The van der Waals surface area contributed by atoms with E-state index in [1.165, 1.54) is 0 Å². The fraction of sp³-hybridized carbons (Fsp3) is 0.917. The number of aliphatic carboxylic acids is 1. The van der Waals surface area contributed by atoms with Crippen LogP contribution in [-0.4, -0.2) is 48.0 Å². The van der Waals surface area contributed by atoms with E-state index in [-0.39, 0.29) is 25.0 Å². The minimum absolute atomic E-state index is 0.0753. The maximum absolute atomic E-state index is 12.3. The first kappa shape index (κ1) is 28.9. The van der Waals surface area contributed by atoms with Gasteiger partial charge in [0.15, 0.2) is 0 Å². The number of carboxylic acid groups (broad SMARTS) is 1. The van der Waals surface area contributed by atoms with Crippen molar-refractivity contribution in [3.8, 4) is 0 Å². The van der Waals surface area contributed by atoms with Gasteiger partial charge in [0, 0.05) is 32.1 Å². The van der Waals surface area contributed by atoms with Crippen LogP contribution in [0.1, 0.15) is 110 Å². The van der Waals surface area contributed by atoms with Gasteiger partial charge in [0.05, 0.1) is 6.61 Å². The van der Waals surface area contributed by atoms with Gasteiger partial charge in [-0.25, -0.2) is 0 Å². The number of amides is 1. The lowest BCUT2D eigenvalue weighted by Gasteiger charge is -2.19. The Hall–Kier alpha value is -1.14. The number of nitrogens with one attached hydrogen (secondary N) is 1. The molecular formula is C24H47NO5. The van der Waals surface area contributed by atoms with Crippen LogP contribution in [0.15, 0.2) is 0 Å². The Bertz CT molecular complexity index is 414. The predicted molar refractivity (Wildman–Crippen MR) is 122 cm³/mol. The maximum atomic E-state index is 12.3. The number of hydrogen-bond acceptors (Lipinski definition) is 4. The van der Waals surface area contributed by atoms with Gasteiger partial charge in [0.25, 0.3) is 0 Å². The Balaban J connectivity index is 4.07. The highest BCUT2D eigenvalue weighted by Gasteiger charge is 2.12. The largest absolute Gasteiger partial charge is 0.481 e. The Morgan fingerprint density at radius 2 is 1.33 bits per heavy atom. The van der Waals surface area contributed by atoms with Crippen LogP contribution < -0.4 is 5.32 Å². The molecule has 3 N–H and O–H groups in total. The molecule has 0 aliphatic rings. The number of carboxylic acids is 1. The fourth-order valence-corrected chi connectivity index (χ4v) is 3.40. The van der Waals surface area contributed by atoms with Crippen LogP contribution in [0.4, 0.5) is 0 Å². The molecule has 178 valence electrons. The summed E-state index contributed by atoms with van der Waals surface area (Å²) in [5.74, 6) is -0.0269. The molecule has 0 saturated carbocycles. The van der Waals surface area contributed by atoms with E-state index in [1.807, 2.05) is 0 Å². The number of aliphatic hydroxyl groups excluding tert-OH is 1. The molecule has 1 amide bonds. The van der Waals surface area contributed by atoms with Crippen LogP contribution in [-0.2, 0) is 14.3 Å². The maximum Gasteiger partial charge on any atom is 0.303 e. The first-order chi connectivity index (χ1) is 14.5. The smallest absolute Gasteiger partial charge is 0.303 e. The predicted octanol–water partition coefficient (Wildman–Crippen LogP) is 5.07. The molecule has 0 aromatic rings. The molecule has 0 radical (unpaired) electrons. The van der Waals surface area contributed by atoms with E-state index in [1.54, 1.807) is 0 Å². The average Bonchev–Trinajstić information content (AvgIpc) is 2.68. The minimum atomic E-state index is -0.718. The highest BCUT2D eigenvalue weighted by molar-refractivity contribution is 5.76. The van der Waals surface area contributed by atoms with Gasteiger partial charge in [-0.15, -0.1) is 0 Å². The zero-order valence-electron chi connectivity index (χ0n) is 19.5. The standard InChI is InChI=1S/C24H47NO5/c1-21(2)16-19-30-20-17-23(27)25-22(14-10-6-4-8-12-18-26)13-9-5-3-7-11-15-24(28)29/h21-22,26H,3-20H2,1-2H3,(H,25,27)(H,28,29). The van der Waals surface area contributed by atoms with Gasteiger partial charge in [-0.05, 0) is 38.0 Å². The molecule has 0 spiro atoms. The molecule has 0 aliphatic heterocycles. The minimum Gasteiger partial charge on any atom is -0.481 e. The van der Waals surface area contributed by atoms with Crippen molar-refractivity contribution >= 4 is 11.9 Å². The topological polar surface area (TPSA) is 95.9 Å². The average molecular weight is 430 g/mol. The van der Waals surface area contributed by atoms with Gasteiger partial charge in [0.2, 0.25) is 5.91 Å². The van der Waals surface area contributed by atoms with Crippen LogP contribution in [0.5, 0.6) is 0 Å². The number of hydrogen-bond donors (Lipinski definition) is 3. The van der Waals surface area contributed by atoms with Crippen LogP contribution in [0.3, 0.4) is 0 Å². The number of ether oxygens (including phenoxy) is 1. The van der Waals surface area contributed by atoms with Gasteiger partial charge < -0.3 is 20.3 Å². The van der Waals surface area contributed by atoms with E-state index in [4.69, 9.17) is 14.9 Å². The van der Waals surface area contributed by atoms with Crippen molar-refractivity contribution in [3.05, 3.63) is 0 Å². The summed E-state index contributed by atoms with van der Waals surface area (Å²) in [5.41, 5.74) is 0. The number of aliphatic hydroxyl groups is 1. The molecular weight excluding hydrogens is 382 g/mol. The lowest BCUT2D eigenvalue weighted by molar-refractivity contribution is -0.137. The molecule has 0 aromatic carbocycles. The zero-order chi connectivity index (χ0) is 22.5. The lowest BCUT2D eigenvalue weighted by atomic mass is 10.00. The monoisotopic (exact) mass is 429 g/mol. The fourth-order valence-electron chi connectivity index (χ4n) is 3.40. The van der Waals surface area contributed by atoms with Crippen molar-refractivity contribution in [1.29, 1.82) is 0 Å². The van der Waals surface area contributed by atoms with Crippen molar-refractivity contribution in [2.75, 3.05) is 19.8 Å². The summed E-state index contributed by atoms with van der Waals surface area (Å²) >= 11 is 0. The van der Waals surface area contributed by atoms with E-state index in [0.717, 1.165) is 83.5 Å². The summed E-state index contributed by atoms with van der Waals surface area (Å²) in [7, 11) is 0. The van der Waals surface area contributed by atoms with Crippen LogP contribution >= 0.6 is 0 Å². The van der Waals surface area contributed by atoms with Crippen molar-refractivity contribution in [2.45, 2.75) is 116 Å². The molecule has 1 atom stereocenters. The number of unbranched alkanes of at least 4 members (excludes halogenated alkanes) is 8. The molecule has 0 aromatic heterocycles. The number of carbonyl (C=O) groups is 2. The highest BCUT2D eigenvalue weighted by atomic mass is 16.5. The first-order valence-electron chi connectivity index (χ1n) is 12.2. The first-order valence-corrected chi connectivity index (χ1v) is 12.2. The summed E-state index contributed by atoms with van der Waals surface area (Å²) in [6, 6.07) is 0.213. The SMILES string of the molecule is CC(C)CCOCCC(=O)NC(CCCCCCCO)CCCCCCCC(=O)O. The molecule has 30 heavy (non-hydrogen) atoms. The van der Waals surface area contributed by atoms with E-state index >= 15 is 0 Å². The molecule has 6 nitrogen and oxygen atoms in total. The third-order valence-corrected chi connectivity index (χ3v) is 5.33. The number of rotatable bonds is 22. The Morgan fingerprint density at radius 1 is 0.767 bits per heavy atom. The van der Waals surface area contributed by atoms with Crippen LogP contribution in [0, 0.1) is 5.92 Å². The van der Waals surface area contributed by atoms with Crippen LogP contribution in [0.2, 0.25) is 0 Å². The Morgan fingerprint density at radius 3 is 1.90 bits per heavy atom. The summed E-state index contributed by atoms with van der Waals surface area (Å²) < 4.78 is 5.56. The Labute approximate surface area is 184 Å². The molecule has 0 bridgehead atoms. The van der Waals surface area contributed by atoms with E-state index in [0.29, 0.717) is 25.6 Å². The zero-order valence-corrected chi connectivity index (χ0v) is 19.5. The van der Waals surface area contributed by atoms with Gasteiger partial charge in [-0.1, -0.05) is 65.2 Å². The van der Waals surface area contributed by atoms with Gasteiger partial charge in [-0.3, -0.25) is 9.59 Å². The van der Waals surface area contributed by atoms with E-state index in [9.17, 15) is 9.59 Å². The summed E-state index contributed by atoms with van der Waals surface area (Å²) in [5, 5.41) is 20.7. The van der Waals surface area contributed by atoms with Crippen LogP contribution in [0.25, 0.3) is 0 Å². The van der Waals surface area contributed by atoms with Gasteiger partial charge >= 0.3 is 5.97 Å². The second kappa shape index (κ2) is 21.1. The third-order valence-electron chi connectivity index (χ3n) is 5.33. The van der Waals surface area contributed by atoms with Crippen molar-refractivity contribution in [3.63, 3.8) is 0 Å². The normalized spacial score (nSPS) is 12.3. The molecule has 1 unspecified atom stereocenters. The number of carbonyl (C=O) groups excluding carboxylic acids is 1. The molecule has 0 heterocycles. The van der Waals surface area contributed by atoms with Gasteiger partial charge in [0.1, 0.15) is 0 Å². The van der Waals surface area contributed by atoms with E-state index < -0.39 is 5.97 Å². The van der Waals surface area contributed by atoms with Crippen molar-refractivity contribution in [2.24, 2.45) is 5.92 Å². The van der Waals surface area contributed by atoms with Crippen molar-refractivity contribution < 1.29 is 24.5 Å². The summed E-state index contributed by atoms with van der Waals surface area (Å²) in [4.78, 5) is 22.8. The molecule has 6 heteroatoms. The lowest BCUT2D eigenvalue weighted by Crippen LogP contribution is -2.35. The Kier molecular flexibility index (Phi) is 20.3. The second-order valence-electron chi connectivity index (χ2n) is 8.79.